The molecule has 1 saturated heterocycles. The summed E-state index contributed by atoms with van der Waals surface area (Å²) in [7, 11) is 0. The number of fused-ring (bicyclic) bond motifs is 3. The van der Waals surface area contributed by atoms with Gasteiger partial charge in [0.25, 0.3) is 0 Å². The highest BCUT2D eigenvalue weighted by Crippen LogP contribution is 2.44. The Morgan fingerprint density at radius 2 is 1.67 bits per heavy atom. The molecule has 0 radical (unpaired) electrons. The number of carboxylic acids is 1. The molecule has 2 N–H and O–H groups in total. The van der Waals surface area contributed by atoms with Gasteiger partial charge < -0.3 is 20.1 Å². The summed E-state index contributed by atoms with van der Waals surface area (Å²) >= 11 is 0. The Labute approximate surface area is 193 Å². The van der Waals surface area contributed by atoms with Crippen LogP contribution in [0.1, 0.15) is 49.7 Å². The summed E-state index contributed by atoms with van der Waals surface area (Å²) in [6.07, 6.45) is 1.47. The van der Waals surface area contributed by atoms with Gasteiger partial charge in [0.15, 0.2) is 0 Å². The average molecular weight is 451 g/mol. The number of benzene rings is 2. The number of nitrogens with one attached hydrogen (secondary N) is 1. The molecule has 2 aliphatic rings. The van der Waals surface area contributed by atoms with Crippen LogP contribution >= 0.6 is 0 Å². The van der Waals surface area contributed by atoms with Crippen molar-refractivity contribution < 1.29 is 24.2 Å². The number of likely N-dealkylation sites (tertiary alicyclic amines) is 1. The molecule has 1 fully saturated rings. The lowest BCUT2D eigenvalue weighted by Gasteiger charge is -2.41. The molecule has 0 bridgehead atoms. The zero-order chi connectivity index (χ0) is 23.4. The summed E-state index contributed by atoms with van der Waals surface area (Å²) in [5.74, 6) is -0.595. The monoisotopic (exact) mass is 450 g/mol. The van der Waals surface area contributed by atoms with Crippen LogP contribution in [0, 0.1) is 5.92 Å². The lowest BCUT2D eigenvalue weighted by atomic mass is 9.93. The molecule has 1 heterocycles. The Morgan fingerprint density at radius 1 is 1.06 bits per heavy atom. The zero-order valence-corrected chi connectivity index (χ0v) is 18.8. The first-order valence-electron chi connectivity index (χ1n) is 11.6. The molecule has 0 saturated carbocycles. The first-order valence-corrected chi connectivity index (χ1v) is 11.6. The van der Waals surface area contributed by atoms with Crippen molar-refractivity contribution >= 4 is 18.0 Å². The van der Waals surface area contributed by atoms with Crippen LogP contribution in [0.15, 0.2) is 48.5 Å². The molecule has 4 rings (SSSR count). The SMILES string of the molecule is CC[C@@H](NC(=O)OCC1c2ccccc2-c2ccccc21)C(=O)N1CC(CCCC(=O)O)C1. The number of carboxylic acid groups (broad SMARTS) is 1. The van der Waals surface area contributed by atoms with E-state index in [0.717, 1.165) is 17.5 Å². The van der Waals surface area contributed by atoms with Gasteiger partial charge in [-0.3, -0.25) is 9.59 Å². The predicted molar refractivity (Wildman–Crippen MR) is 124 cm³/mol. The highest BCUT2D eigenvalue weighted by atomic mass is 16.5. The van der Waals surface area contributed by atoms with Gasteiger partial charge in [0.1, 0.15) is 12.6 Å². The second-order valence-corrected chi connectivity index (χ2v) is 8.83. The van der Waals surface area contributed by atoms with E-state index in [-0.39, 0.29) is 24.9 Å². The maximum Gasteiger partial charge on any atom is 0.407 e. The van der Waals surface area contributed by atoms with Crippen LogP contribution < -0.4 is 5.32 Å². The molecule has 1 atom stereocenters. The van der Waals surface area contributed by atoms with Crippen LogP contribution in [0.5, 0.6) is 0 Å². The van der Waals surface area contributed by atoms with Crippen molar-refractivity contribution in [2.75, 3.05) is 19.7 Å². The number of hydrogen-bond acceptors (Lipinski definition) is 4. The number of amides is 2. The first-order chi connectivity index (χ1) is 16.0. The number of aliphatic carboxylic acids is 1. The number of carbonyl (C=O) groups excluding carboxylic acids is 2. The zero-order valence-electron chi connectivity index (χ0n) is 18.8. The van der Waals surface area contributed by atoms with Crippen LogP contribution in [0.25, 0.3) is 11.1 Å². The van der Waals surface area contributed by atoms with Crippen molar-refractivity contribution in [3.8, 4) is 11.1 Å². The van der Waals surface area contributed by atoms with Gasteiger partial charge in [-0.25, -0.2) is 4.79 Å². The van der Waals surface area contributed by atoms with Crippen molar-refractivity contribution in [2.45, 2.75) is 44.6 Å². The van der Waals surface area contributed by atoms with Gasteiger partial charge in [-0.1, -0.05) is 55.5 Å². The fourth-order valence-corrected chi connectivity index (χ4v) is 4.82. The second kappa shape index (κ2) is 10.1. The van der Waals surface area contributed by atoms with Crippen molar-refractivity contribution in [2.24, 2.45) is 5.92 Å². The predicted octanol–water partition coefficient (Wildman–Crippen LogP) is 4.02. The van der Waals surface area contributed by atoms with Gasteiger partial charge in [0, 0.05) is 25.4 Å². The van der Waals surface area contributed by atoms with E-state index in [9.17, 15) is 14.4 Å². The van der Waals surface area contributed by atoms with Gasteiger partial charge in [-0.15, -0.1) is 0 Å². The molecule has 0 unspecified atom stereocenters. The van der Waals surface area contributed by atoms with E-state index in [1.165, 1.54) is 11.1 Å². The summed E-state index contributed by atoms with van der Waals surface area (Å²) in [5.41, 5.74) is 4.62. The summed E-state index contributed by atoms with van der Waals surface area (Å²) in [6, 6.07) is 15.7. The molecule has 1 aliphatic heterocycles. The number of carbonyl (C=O) groups is 3. The van der Waals surface area contributed by atoms with Crippen LogP contribution in [0.4, 0.5) is 4.79 Å². The Balaban J connectivity index is 1.28. The maximum atomic E-state index is 12.8. The van der Waals surface area contributed by atoms with Gasteiger partial charge in [-0.2, -0.15) is 0 Å². The molecular weight excluding hydrogens is 420 g/mol. The summed E-state index contributed by atoms with van der Waals surface area (Å²) in [4.78, 5) is 37.7. The minimum atomic E-state index is -0.791. The quantitative estimate of drug-likeness (QED) is 0.602. The van der Waals surface area contributed by atoms with Gasteiger partial charge in [0.2, 0.25) is 5.91 Å². The molecule has 7 heteroatoms. The van der Waals surface area contributed by atoms with E-state index in [4.69, 9.17) is 9.84 Å². The molecule has 2 aromatic rings. The van der Waals surface area contributed by atoms with Crippen LogP contribution in [0.3, 0.4) is 0 Å². The smallest absolute Gasteiger partial charge is 0.407 e. The third kappa shape index (κ3) is 5.02. The van der Waals surface area contributed by atoms with Crippen molar-refractivity contribution in [1.82, 2.24) is 10.2 Å². The number of alkyl carbamates (subject to hydrolysis) is 1. The average Bonchev–Trinajstić information content (AvgIpc) is 3.10. The largest absolute Gasteiger partial charge is 0.481 e. The molecule has 2 aromatic carbocycles. The summed E-state index contributed by atoms with van der Waals surface area (Å²) in [6.45, 7) is 3.29. The molecule has 2 amide bonds. The third-order valence-corrected chi connectivity index (χ3v) is 6.61. The number of nitrogens with zero attached hydrogens (tertiary/aromatic N) is 1. The van der Waals surface area contributed by atoms with Crippen molar-refractivity contribution in [1.29, 1.82) is 0 Å². The molecule has 0 spiro atoms. The van der Waals surface area contributed by atoms with E-state index in [0.29, 0.717) is 31.8 Å². The minimum absolute atomic E-state index is 0.0270. The normalized spacial score (nSPS) is 15.8. The highest BCUT2D eigenvalue weighted by molar-refractivity contribution is 5.86. The van der Waals surface area contributed by atoms with Crippen molar-refractivity contribution in [3.05, 3.63) is 59.7 Å². The molecule has 0 aromatic heterocycles. The molecular formula is C26H30N2O5. The van der Waals surface area contributed by atoms with E-state index in [1.807, 2.05) is 31.2 Å². The second-order valence-electron chi connectivity index (χ2n) is 8.83. The Bertz CT molecular complexity index is 985. The summed E-state index contributed by atoms with van der Waals surface area (Å²) < 4.78 is 5.57. The third-order valence-electron chi connectivity index (χ3n) is 6.61. The standard InChI is InChI=1S/C26H30N2O5/c1-2-23(25(31)28-14-17(15-28)8-7-13-24(29)30)27-26(32)33-16-22-20-11-5-3-9-18(20)19-10-4-6-12-21(19)22/h3-6,9-12,17,22-23H,2,7-8,13-16H2,1H3,(H,27,32)(H,29,30)/t23-/m1/s1. The van der Waals surface area contributed by atoms with Crippen LogP contribution in [0.2, 0.25) is 0 Å². The van der Waals surface area contributed by atoms with E-state index < -0.39 is 18.1 Å². The van der Waals surface area contributed by atoms with Crippen LogP contribution in [-0.2, 0) is 14.3 Å². The highest BCUT2D eigenvalue weighted by Gasteiger charge is 2.35. The van der Waals surface area contributed by atoms with E-state index in [2.05, 4.69) is 29.6 Å². The van der Waals surface area contributed by atoms with Crippen molar-refractivity contribution in [3.63, 3.8) is 0 Å². The molecule has 1 aliphatic carbocycles. The molecule has 174 valence electrons. The fourth-order valence-electron chi connectivity index (χ4n) is 4.82. The lowest BCUT2D eigenvalue weighted by Crippen LogP contribution is -2.56. The summed E-state index contributed by atoms with van der Waals surface area (Å²) in [5, 5.41) is 11.5. The van der Waals surface area contributed by atoms with E-state index in [1.54, 1.807) is 4.90 Å². The number of ether oxygens (including phenoxy) is 1. The lowest BCUT2D eigenvalue weighted by molar-refractivity contribution is -0.141. The number of rotatable bonds is 9. The Hall–Kier alpha value is -3.35. The minimum Gasteiger partial charge on any atom is -0.481 e. The topological polar surface area (TPSA) is 95.9 Å². The first kappa shape index (κ1) is 22.8. The van der Waals surface area contributed by atoms with Crippen LogP contribution in [-0.4, -0.2) is 53.7 Å². The van der Waals surface area contributed by atoms with Gasteiger partial charge in [0.05, 0.1) is 0 Å². The van der Waals surface area contributed by atoms with Gasteiger partial charge >= 0.3 is 12.1 Å². The number of hydrogen-bond donors (Lipinski definition) is 2. The Kier molecular flexibility index (Phi) is 6.96. The maximum absolute atomic E-state index is 12.8. The molecule has 7 nitrogen and oxygen atoms in total. The fraction of sp³-hybridized carbons (Fsp3) is 0.423. The van der Waals surface area contributed by atoms with E-state index >= 15 is 0 Å². The Morgan fingerprint density at radius 3 is 2.24 bits per heavy atom. The molecule has 33 heavy (non-hydrogen) atoms. The van der Waals surface area contributed by atoms with Gasteiger partial charge in [-0.05, 0) is 47.4 Å².